The normalized spacial score (nSPS) is 19.8. The minimum absolute atomic E-state index is 0.195. The number of hydrogen-bond donors (Lipinski definition) is 1. The van der Waals surface area contributed by atoms with Gasteiger partial charge in [0.1, 0.15) is 0 Å². The van der Waals surface area contributed by atoms with Crippen LogP contribution in [0.4, 0.5) is 18.9 Å². The molecule has 1 aromatic rings. The van der Waals surface area contributed by atoms with Crippen LogP contribution in [-0.4, -0.2) is 32.0 Å². The lowest BCUT2D eigenvalue weighted by atomic mass is 9.77. The number of nitrogens with one attached hydrogen (secondary N) is 1. The van der Waals surface area contributed by atoms with Gasteiger partial charge in [0.25, 0.3) is 0 Å². The van der Waals surface area contributed by atoms with Gasteiger partial charge < -0.3 is 9.31 Å². The summed E-state index contributed by atoms with van der Waals surface area (Å²) in [5.41, 5.74) is -2.39. The molecular formula is C16H23BF3NO4S. The fourth-order valence-electron chi connectivity index (χ4n) is 2.27. The van der Waals surface area contributed by atoms with E-state index in [2.05, 4.69) is 4.72 Å². The highest BCUT2D eigenvalue weighted by atomic mass is 32.2. The molecule has 146 valence electrons. The van der Waals surface area contributed by atoms with Crippen molar-refractivity contribution >= 4 is 28.3 Å². The van der Waals surface area contributed by atoms with Crippen molar-refractivity contribution in [3.05, 3.63) is 23.8 Å². The second-order valence-corrected chi connectivity index (χ2v) is 9.82. The summed E-state index contributed by atoms with van der Waals surface area (Å²) >= 11 is 0. The van der Waals surface area contributed by atoms with Gasteiger partial charge in [0.15, 0.2) is 0 Å². The summed E-state index contributed by atoms with van der Waals surface area (Å²) in [6.07, 6.45) is -4.60. The average molecular weight is 393 g/mol. The molecule has 0 bridgehead atoms. The summed E-state index contributed by atoms with van der Waals surface area (Å²) in [4.78, 5) is 0. The van der Waals surface area contributed by atoms with Crippen LogP contribution in [0.25, 0.3) is 0 Å². The van der Waals surface area contributed by atoms with Crippen molar-refractivity contribution < 1.29 is 30.9 Å². The van der Waals surface area contributed by atoms with E-state index in [1.807, 2.05) is 0 Å². The van der Waals surface area contributed by atoms with Gasteiger partial charge in [0.05, 0.1) is 22.0 Å². The predicted molar refractivity (Wildman–Crippen MR) is 94.8 cm³/mol. The van der Waals surface area contributed by atoms with E-state index in [4.69, 9.17) is 9.31 Å². The molecule has 26 heavy (non-hydrogen) atoms. The van der Waals surface area contributed by atoms with Gasteiger partial charge in [-0.2, -0.15) is 13.2 Å². The third-order valence-corrected chi connectivity index (χ3v) is 6.51. The van der Waals surface area contributed by atoms with E-state index in [1.165, 1.54) is 19.9 Å². The van der Waals surface area contributed by atoms with Crippen molar-refractivity contribution in [3.8, 4) is 0 Å². The molecule has 0 aliphatic carbocycles. The Morgan fingerprint density at radius 1 is 1.08 bits per heavy atom. The Bertz CT molecular complexity index is 775. The lowest BCUT2D eigenvalue weighted by Crippen LogP contribution is -2.41. The number of rotatable bonds is 4. The van der Waals surface area contributed by atoms with Crippen molar-refractivity contribution in [1.29, 1.82) is 0 Å². The average Bonchev–Trinajstić information content (AvgIpc) is 2.65. The molecule has 0 aromatic heterocycles. The van der Waals surface area contributed by atoms with Crippen LogP contribution < -0.4 is 10.2 Å². The second kappa shape index (κ2) is 6.42. The Morgan fingerprint density at radius 3 is 2.00 bits per heavy atom. The van der Waals surface area contributed by atoms with Gasteiger partial charge in [-0.15, -0.1) is 0 Å². The van der Waals surface area contributed by atoms with Crippen LogP contribution >= 0.6 is 0 Å². The highest BCUT2D eigenvalue weighted by Gasteiger charge is 2.52. The molecule has 10 heteroatoms. The molecule has 0 saturated carbocycles. The largest absolute Gasteiger partial charge is 0.497 e. The Morgan fingerprint density at radius 2 is 1.58 bits per heavy atom. The van der Waals surface area contributed by atoms with E-state index < -0.39 is 45.3 Å². The monoisotopic (exact) mass is 393 g/mol. The van der Waals surface area contributed by atoms with Crippen LogP contribution in [0.15, 0.2) is 18.2 Å². The smallest absolute Gasteiger partial charge is 0.399 e. The number of hydrogen-bond acceptors (Lipinski definition) is 4. The van der Waals surface area contributed by atoms with Crippen LogP contribution in [0.1, 0.15) is 47.1 Å². The SMILES string of the molecule is CC(C)S(=O)(=O)Nc1cc(C(F)(F)F)ccc1B1OC(C)(C)C(C)(C)O1. The third kappa shape index (κ3) is 4.02. The van der Waals surface area contributed by atoms with Crippen LogP contribution in [0.2, 0.25) is 0 Å². The molecule has 0 radical (unpaired) electrons. The van der Waals surface area contributed by atoms with Crippen LogP contribution in [0.3, 0.4) is 0 Å². The van der Waals surface area contributed by atoms with Crippen LogP contribution in [0, 0.1) is 0 Å². The van der Waals surface area contributed by atoms with E-state index in [0.29, 0.717) is 0 Å². The quantitative estimate of drug-likeness (QED) is 0.799. The first-order valence-corrected chi connectivity index (χ1v) is 9.70. The molecule has 1 fully saturated rings. The van der Waals surface area contributed by atoms with E-state index in [0.717, 1.165) is 12.1 Å². The topological polar surface area (TPSA) is 64.6 Å². The molecular weight excluding hydrogens is 370 g/mol. The Labute approximate surface area is 152 Å². The summed E-state index contributed by atoms with van der Waals surface area (Å²) in [5.74, 6) is 0. The zero-order valence-corrected chi connectivity index (χ0v) is 16.4. The summed E-state index contributed by atoms with van der Waals surface area (Å²) in [7, 11) is -4.84. The number of anilines is 1. The van der Waals surface area contributed by atoms with E-state index in [1.54, 1.807) is 27.7 Å². The summed E-state index contributed by atoms with van der Waals surface area (Å²) in [6, 6.07) is 2.83. The van der Waals surface area contributed by atoms with Crippen LogP contribution in [-0.2, 0) is 25.5 Å². The Balaban J connectivity index is 2.53. The summed E-state index contributed by atoms with van der Waals surface area (Å²) in [5, 5.41) is -0.816. The molecule has 1 aromatic carbocycles. The molecule has 2 rings (SSSR count). The van der Waals surface area contributed by atoms with Crippen molar-refractivity contribution in [1.82, 2.24) is 0 Å². The van der Waals surface area contributed by atoms with Gasteiger partial charge >= 0.3 is 13.3 Å². The molecule has 1 aliphatic heterocycles. The number of halogens is 3. The van der Waals surface area contributed by atoms with Gasteiger partial charge in [0.2, 0.25) is 10.0 Å². The van der Waals surface area contributed by atoms with Gasteiger partial charge in [0, 0.05) is 11.2 Å². The maximum Gasteiger partial charge on any atom is 0.497 e. The fraction of sp³-hybridized carbons (Fsp3) is 0.625. The highest BCUT2D eigenvalue weighted by molar-refractivity contribution is 7.93. The Kier molecular flexibility index (Phi) is 5.20. The molecule has 0 atom stereocenters. The fourth-order valence-corrected chi connectivity index (χ4v) is 2.99. The van der Waals surface area contributed by atoms with Gasteiger partial charge in [-0.25, -0.2) is 8.42 Å². The van der Waals surface area contributed by atoms with E-state index >= 15 is 0 Å². The van der Waals surface area contributed by atoms with Gasteiger partial charge in [-0.05, 0) is 47.6 Å². The van der Waals surface area contributed by atoms with Gasteiger partial charge in [-0.3, -0.25) is 4.72 Å². The summed E-state index contributed by atoms with van der Waals surface area (Å²) < 4.78 is 77.6. The third-order valence-electron chi connectivity index (χ3n) is 4.76. The first kappa shape index (κ1) is 21.0. The molecule has 1 saturated heterocycles. The Hall–Kier alpha value is -1.26. The van der Waals surface area contributed by atoms with E-state index in [-0.39, 0.29) is 11.2 Å². The maximum atomic E-state index is 13.1. The maximum absolute atomic E-state index is 13.1. The first-order chi connectivity index (χ1) is 11.6. The minimum Gasteiger partial charge on any atom is -0.399 e. The zero-order chi connectivity index (χ0) is 20.1. The van der Waals surface area contributed by atoms with Gasteiger partial charge in [-0.1, -0.05) is 12.1 Å². The van der Waals surface area contributed by atoms with Crippen molar-refractivity contribution in [2.75, 3.05) is 4.72 Å². The van der Waals surface area contributed by atoms with Crippen molar-refractivity contribution in [2.45, 2.75) is 64.2 Å². The van der Waals surface area contributed by atoms with Crippen molar-refractivity contribution in [2.24, 2.45) is 0 Å². The highest BCUT2D eigenvalue weighted by Crippen LogP contribution is 2.38. The molecule has 1 aliphatic rings. The molecule has 0 spiro atoms. The lowest BCUT2D eigenvalue weighted by Gasteiger charge is -2.32. The number of benzene rings is 1. The van der Waals surface area contributed by atoms with E-state index in [9.17, 15) is 21.6 Å². The second-order valence-electron chi connectivity index (χ2n) is 7.58. The minimum atomic E-state index is -4.60. The van der Waals surface area contributed by atoms with Crippen LogP contribution in [0.5, 0.6) is 0 Å². The van der Waals surface area contributed by atoms with Crippen molar-refractivity contribution in [3.63, 3.8) is 0 Å². The standard InChI is InChI=1S/C16H23BF3NO4S/c1-10(2)26(22,23)21-13-9-11(16(18,19)20)7-8-12(13)17-24-14(3,4)15(5,6)25-17/h7-10,21H,1-6H3. The summed E-state index contributed by atoms with van der Waals surface area (Å²) in [6.45, 7) is 10.1. The molecule has 1 N–H and O–H groups in total. The molecule has 1 heterocycles. The zero-order valence-electron chi connectivity index (χ0n) is 15.6. The molecule has 0 amide bonds. The predicted octanol–water partition coefficient (Wildman–Crippen LogP) is 3.15. The lowest BCUT2D eigenvalue weighted by molar-refractivity contribution is -0.137. The first-order valence-electron chi connectivity index (χ1n) is 8.15. The molecule has 0 unspecified atom stereocenters. The number of sulfonamides is 1. The molecule has 5 nitrogen and oxygen atoms in total. The number of alkyl halides is 3.